The van der Waals surface area contributed by atoms with E-state index in [-0.39, 0.29) is 0 Å². The van der Waals surface area contributed by atoms with Gasteiger partial charge < -0.3 is 5.32 Å². The van der Waals surface area contributed by atoms with Crippen molar-refractivity contribution in [2.24, 2.45) is 0 Å². The van der Waals surface area contributed by atoms with Gasteiger partial charge in [0.1, 0.15) is 0 Å². The van der Waals surface area contributed by atoms with Crippen LogP contribution in [0.4, 0.5) is 5.82 Å². The van der Waals surface area contributed by atoms with Crippen LogP contribution in [0.25, 0.3) is 0 Å². The molecule has 0 aliphatic heterocycles. The van der Waals surface area contributed by atoms with Gasteiger partial charge in [0.25, 0.3) is 0 Å². The smallest absolute Gasteiger partial charge is 0.158 e. The quantitative estimate of drug-likeness (QED) is 0.520. The Labute approximate surface area is 77.7 Å². The maximum Gasteiger partial charge on any atom is 0.158 e. The SMILES string of the molecule is CCCCCNc1n[nH]cc1C=O. The molecule has 0 bridgehead atoms. The zero-order chi connectivity index (χ0) is 9.52. The molecule has 0 radical (unpaired) electrons. The van der Waals surface area contributed by atoms with E-state index < -0.39 is 0 Å². The topological polar surface area (TPSA) is 57.8 Å². The van der Waals surface area contributed by atoms with Crippen LogP contribution in [-0.2, 0) is 0 Å². The molecule has 0 aliphatic carbocycles. The molecule has 0 unspecified atom stereocenters. The average molecular weight is 181 g/mol. The van der Waals surface area contributed by atoms with Crippen molar-refractivity contribution in [3.05, 3.63) is 11.8 Å². The summed E-state index contributed by atoms with van der Waals surface area (Å²) >= 11 is 0. The second-order valence-corrected chi connectivity index (χ2v) is 2.94. The summed E-state index contributed by atoms with van der Waals surface area (Å²) in [6, 6.07) is 0. The van der Waals surface area contributed by atoms with Crippen molar-refractivity contribution in [1.29, 1.82) is 0 Å². The molecule has 0 amide bonds. The summed E-state index contributed by atoms with van der Waals surface area (Å²) in [6.45, 7) is 3.03. The summed E-state index contributed by atoms with van der Waals surface area (Å²) in [5.41, 5.74) is 0.594. The van der Waals surface area contributed by atoms with Crippen LogP contribution in [0.1, 0.15) is 36.5 Å². The van der Waals surface area contributed by atoms with Crippen molar-refractivity contribution in [3.63, 3.8) is 0 Å². The number of nitrogens with one attached hydrogen (secondary N) is 2. The Morgan fingerprint density at radius 1 is 1.62 bits per heavy atom. The first-order valence-electron chi connectivity index (χ1n) is 4.61. The molecule has 4 heteroatoms. The van der Waals surface area contributed by atoms with Gasteiger partial charge in [-0.3, -0.25) is 9.89 Å². The lowest BCUT2D eigenvalue weighted by molar-refractivity contribution is 0.112. The van der Waals surface area contributed by atoms with Gasteiger partial charge in [-0.05, 0) is 6.42 Å². The van der Waals surface area contributed by atoms with Crippen molar-refractivity contribution < 1.29 is 4.79 Å². The highest BCUT2D eigenvalue weighted by atomic mass is 16.1. The van der Waals surface area contributed by atoms with Crippen LogP contribution < -0.4 is 5.32 Å². The van der Waals surface area contributed by atoms with E-state index in [0.717, 1.165) is 19.3 Å². The Hall–Kier alpha value is -1.32. The number of H-pyrrole nitrogens is 1. The summed E-state index contributed by atoms with van der Waals surface area (Å²) in [4.78, 5) is 10.5. The molecule has 0 atom stereocenters. The lowest BCUT2D eigenvalue weighted by atomic mass is 10.2. The molecule has 1 rings (SSSR count). The Kier molecular flexibility index (Phi) is 4.02. The van der Waals surface area contributed by atoms with Gasteiger partial charge in [-0.2, -0.15) is 5.10 Å². The van der Waals surface area contributed by atoms with Crippen LogP contribution in [0.15, 0.2) is 6.20 Å². The molecule has 0 saturated heterocycles. The average Bonchev–Trinajstić information content (AvgIpc) is 2.60. The van der Waals surface area contributed by atoms with Crippen molar-refractivity contribution in [3.8, 4) is 0 Å². The van der Waals surface area contributed by atoms with Gasteiger partial charge in [0.05, 0.1) is 5.56 Å². The molecule has 1 heterocycles. The minimum Gasteiger partial charge on any atom is -0.368 e. The van der Waals surface area contributed by atoms with Crippen LogP contribution in [0, 0.1) is 0 Å². The zero-order valence-corrected chi connectivity index (χ0v) is 7.84. The number of aldehydes is 1. The molecule has 0 spiro atoms. The Balaban J connectivity index is 2.31. The Morgan fingerprint density at radius 2 is 2.46 bits per heavy atom. The van der Waals surface area contributed by atoms with Crippen molar-refractivity contribution in [1.82, 2.24) is 10.2 Å². The highest BCUT2D eigenvalue weighted by Gasteiger charge is 2.01. The maximum atomic E-state index is 10.5. The monoisotopic (exact) mass is 181 g/mol. The van der Waals surface area contributed by atoms with E-state index in [9.17, 15) is 4.79 Å². The second kappa shape index (κ2) is 5.35. The van der Waals surface area contributed by atoms with Crippen molar-refractivity contribution in [2.45, 2.75) is 26.2 Å². The van der Waals surface area contributed by atoms with E-state index >= 15 is 0 Å². The maximum absolute atomic E-state index is 10.5. The fraction of sp³-hybridized carbons (Fsp3) is 0.556. The number of hydrogen-bond acceptors (Lipinski definition) is 3. The van der Waals surface area contributed by atoms with E-state index in [4.69, 9.17) is 0 Å². The van der Waals surface area contributed by atoms with Gasteiger partial charge in [-0.1, -0.05) is 19.8 Å². The Morgan fingerprint density at radius 3 is 3.15 bits per heavy atom. The first kappa shape index (κ1) is 9.77. The number of carbonyl (C=O) groups excluding carboxylic acids is 1. The molecule has 0 fully saturated rings. The molecular formula is C9H15N3O. The third kappa shape index (κ3) is 2.89. The second-order valence-electron chi connectivity index (χ2n) is 2.94. The summed E-state index contributed by atoms with van der Waals surface area (Å²) < 4.78 is 0. The van der Waals surface area contributed by atoms with Crippen molar-refractivity contribution >= 4 is 12.1 Å². The number of hydrogen-bond donors (Lipinski definition) is 2. The van der Waals surface area contributed by atoms with Crippen LogP contribution in [0.3, 0.4) is 0 Å². The highest BCUT2D eigenvalue weighted by Crippen LogP contribution is 2.07. The number of carbonyl (C=O) groups is 1. The number of aromatic nitrogens is 2. The summed E-state index contributed by atoms with van der Waals surface area (Å²) in [5.74, 6) is 0.658. The van der Waals surface area contributed by atoms with Crippen LogP contribution in [0.5, 0.6) is 0 Å². The van der Waals surface area contributed by atoms with Gasteiger partial charge in [-0.15, -0.1) is 0 Å². The fourth-order valence-corrected chi connectivity index (χ4v) is 1.11. The summed E-state index contributed by atoms with van der Waals surface area (Å²) in [7, 11) is 0. The number of nitrogens with zero attached hydrogens (tertiary/aromatic N) is 1. The predicted octanol–water partition coefficient (Wildman–Crippen LogP) is 1.82. The van der Waals surface area contributed by atoms with E-state index in [2.05, 4.69) is 22.4 Å². The van der Waals surface area contributed by atoms with Crippen LogP contribution in [0.2, 0.25) is 0 Å². The first-order valence-corrected chi connectivity index (χ1v) is 4.61. The molecule has 72 valence electrons. The van der Waals surface area contributed by atoms with Gasteiger partial charge in [-0.25, -0.2) is 0 Å². The van der Waals surface area contributed by atoms with Crippen LogP contribution in [-0.4, -0.2) is 23.0 Å². The third-order valence-electron chi connectivity index (χ3n) is 1.87. The molecule has 1 aromatic heterocycles. The summed E-state index contributed by atoms with van der Waals surface area (Å²) in [6.07, 6.45) is 5.90. The molecule has 13 heavy (non-hydrogen) atoms. The zero-order valence-electron chi connectivity index (χ0n) is 7.84. The molecule has 4 nitrogen and oxygen atoms in total. The highest BCUT2D eigenvalue weighted by molar-refractivity contribution is 5.81. The van der Waals surface area contributed by atoms with E-state index in [1.54, 1.807) is 6.20 Å². The van der Waals surface area contributed by atoms with Gasteiger partial charge in [0, 0.05) is 12.7 Å². The number of aromatic amines is 1. The van der Waals surface area contributed by atoms with E-state index in [0.29, 0.717) is 11.4 Å². The molecule has 0 aliphatic rings. The van der Waals surface area contributed by atoms with Crippen LogP contribution >= 0.6 is 0 Å². The third-order valence-corrected chi connectivity index (χ3v) is 1.87. The standard InChI is InChI=1S/C9H15N3O/c1-2-3-4-5-10-9-8(7-13)6-11-12-9/h6-7H,2-5H2,1H3,(H2,10,11,12). The number of anilines is 1. The minimum absolute atomic E-state index is 0.594. The molecule has 0 aromatic carbocycles. The Bertz CT molecular complexity index is 257. The number of rotatable bonds is 6. The van der Waals surface area contributed by atoms with Gasteiger partial charge >= 0.3 is 0 Å². The predicted molar refractivity (Wildman–Crippen MR) is 52.0 cm³/mol. The molecule has 0 saturated carbocycles. The van der Waals surface area contributed by atoms with E-state index in [1.807, 2.05) is 0 Å². The van der Waals surface area contributed by atoms with Gasteiger partial charge in [0.15, 0.2) is 12.1 Å². The number of unbranched alkanes of at least 4 members (excludes halogenated alkanes) is 2. The van der Waals surface area contributed by atoms with E-state index in [1.165, 1.54) is 12.8 Å². The molecule has 2 N–H and O–H groups in total. The molecular weight excluding hydrogens is 166 g/mol. The lowest BCUT2D eigenvalue weighted by Gasteiger charge is -2.01. The first-order chi connectivity index (χ1) is 6.38. The van der Waals surface area contributed by atoms with Gasteiger partial charge in [0.2, 0.25) is 0 Å². The summed E-state index contributed by atoms with van der Waals surface area (Å²) in [5, 5.41) is 9.67. The van der Waals surface area contributed by atoms with Crippen molar-refractivity contribution in [2.75, 3.05) is 11.9 Å². The normalized spacial score (nSPS) is 9.92. The minimum atomic E-state index is 0.594. The largest absolute Gasteiger partial charge is 0.368 e. The molecule has 1 aromatic rings. The fourth-order valence-electron chi connectivity index (χ4n) is 1.11. The lowest BCUT2D eigenvalue weighted by Crippen LogP contribution is -2.03.